The summed E-state index contributed by atoms with van der Waals surface area (Å²) in [4.78, 5) is 0. The normalized spacial score (nSPS) is 19.6. The third-order valence-corrected chi connectivity index (χ3v) is 3.39. The lowest BCUT2D eigenvalue weighted by molar-refractivity contribution is -0.935. The van der Waals surface area contributed by atoms with Gasteiger partial charge in [-0.25, -0.2) is 0 Å². The van der Waals surface area contributed by atoms with Gasteiger partial charge >= 0.3 is 0 Å². The maximum atomic E-state index is 5.47. The van der Waals surface area contributed by atoms with Crippen molar-refractivity contribution in [2.75, 3.05) is 39.4 Å². The summed E-state index contributed by atoms with van der Waals surface area (Å²) in [6, 6.07) is 0. The molecule has 3 heteroatoms. The first-order chi connectivity index (χ1) is 6.83. The predicted octanol–water partition coefficient (Wildman–Crippen LogP) is -0.562. The van der Waals surface area contributed by atoms with Gasteiger partial charge in [0.05, 0.1) is 26.3 Å². The number of halogens is 1. The summed E-state index contributed by atoms with van der Waals surface area (Å²) in [5.74, 6) is 0. The van der Waals surface area contributed by atoms with Crippen LogP contribution in [0.15, 0.2) is 0 Å². The Kier molecular flexibility index (Phi) is 8.77. The number of rotatable bonds is 6. The topological polar surface area (TPSA) is 9.23 Å². The molecule has 1 fully saturated rings. The van der Waals surface area contributed by atoms with Gasteiger partial charge < -0.3 is 26.2 Å². The molecule has 2 nitrogen and oxygen atoms in total. The summed E-state index contributed by atoms with van der Waals surface area (Å²) in [6.45, 7) is 11.8. The van der Waals surface area contributed by atoms with Gasteiger partial charge in [0.2, 0.25) is 0 Å². The van der Waals surface area contributed by atoms with E-state index in [0.717, 1.165) is 13.2 Å². The van der Waals surface area contributed by atoms with Crippen LogP contribution in [0.1, 0.15) is 39.5 Å². The first kappa shape index (κ1) is 15.4. The first-order valence-electron chi connectivity index (χ1n) is 6.26. The maximum absolute atomic E-state index is 5.47. The van der Waals surface area contributed by atoms with Gasteiger partial charge in [0.25, 0.3) is 0 Å². The molecular formula is C12H26BrNO. The van der Waals surface area contributed by atoms with Crippen LogP contribution in [0.2, 0.25) is 0 Å². The minimum Gasteiger partial charge on any atom is -1.00 e. The number of hydrogen-bond acceptors (Lipinski definition) is 1. The van der Waals surface area contributed by atoms with Crippen molar-refractivity contribution in [1.29, 1.82) is 0 Å². The van der Waals surface area contributed by atoms with Crippen LogP contribution in [-0.4, -0.2) is 43.9 Å². The van der Waals surface area contributed by atoms with Crippen molar-refractivity contribution < 1.29 is 26.2 Å². The molecule has 1 aliphatic rings. The molecule has 0 amide bonds. The van der Waals surface area contributed by atoms with Crippen molar-refractivity contribution >= 4 is 0 Å². The van der Waals surface area contributed by atoms with Gasteiger partial charge in [0, 0.05) is 0 Å². The number of nitrogens with zero attached hydrogens (tertiary/aromatic N) is 1. The van der Waals surface area contributed by atoms with Crippen LogP contribution in [0.4, 0.5) is 0 Å². The summed E-state index contributed by atoms with van der Waals surface area (Å²) in [5, 5.41) is 0. The van der Waals surface area contributed by atoms with Crippen LogP contribution in [0, 0.1) is 0 Å². The summed E-state index contributed by atoms with van der Waals surface area (Å²) < 4.78 is 6.80. The zero-order chi connectivity index (χ0) is 10.3. The second-order valence-corrected chi connectivity index (χ2v) is 4.56. The summed E-state index contributed by atoms with van der Waals surface area (Å²) >= 11 is 0. The van der Waals surface area contributed by atoms with Crippen molar-refractivity contribution in [3.63, 3.8) is 0 Å². The molecule has 0 radical (unpaired) electrons. The lowest BCUT2D eigenvalue weighted by Crippen LogP contribution is -3.00. The quantitative estimate of drug-likeness (QED) is 0.593. The first-order valence-corrected chi connectivity index (χ1v) is 6.26. The van der Waals surface area contributed by atoms with Crippen molar-refractivity contribution in [2.24, 2.45) is 0 Å². The number of morpholine rings is 1. The minimum absolute atomic E-state index is 0. The van der Waals surface area contributed by atoms with Gasteiger partial charge in [-0.3, -0.25) is 0 Å². The molecule has 1 heterocycles. The van der Waals surface area contributed by atoms with E-state index < -0.39 is 0 Å². The van der Waals surface area contributed by atoms with Gasteiger partial charge in [-0.2, -0.15) is 0 Å². The molecule has 0 aliphatic carbocycles. The zero-order valence-electron chi connectivity index (χ0n) is 10.3. The molecule has 0 atom stereocenters. The minimum atomic E-state index is 0. The van der Waals surface area contributed by atoms with Gasteiger partial charge in [0.15, 0.2) is 0 Å². The van der Waals surface area contributed by atoms with E-state index in [2.05, 4.69) is 13.8 Å². The number of hydrogen-bond donors (Lipinski definition) is 0. The fraction of sp³-hybridized carbons (Fsp3) is 1.00. The highest BCUT2D eigenvalue weighted by molar-refractivity contribution is 4.51. The molecule has 1 aliphatic heterocycles. The molecule has 0 unspecified atom stereocenters. The van der Waals surface area contributed by atoms with Gasteiger partial charge in [-0.05, 0) is 12.8 Å². The van der Waals surface area contributed by atoms with E-state index >= 15 is 0 Å². The smallest absolute Gasteiger partial charge is 0.102 e. The highest BCUT2D eigenvalue weighted by Gasteiger charge is 2.28. The Morgan fingerprint density at radius 1 is 0.933 bits per heavy atom. The van der Waals surface area contributed by atoms with E-state index in [4.69, 9.17) is 4.74 Å². The molecule has 0 aromatic heterocycles. The van der Waals surface area contributed by atoms with Crippen LogP contribution >= 0.6 is 0 Å². The maximum Gasteiger partial charge on any atom is 0.102 e. The van der Waals surface area contributed by atoms with Gasteiger partial charge in [-0.1, -0.05) is 26.7 Å². The molecule has 0 aromatic carbocycles. The third kappa shape index (κ3) is 5.32. The molecule has 1 rings (SSSR count). The molecule has 92 valence electrons. The molecule has 0 saturated carbocycles. The lowest BCUT2D eigenvalue weighted by Gasteiger charge is -2.41. The monoisotopic (exact) mass is 279 g/mol. The standard InChI is InChI=1S/C12H26NO.BrH/c1-3-5-7-13(8-6-4-2)9-11-14-12-10-13;/h3-12H2,1-2H3;1H/q+1;/p-1. The second-order valence-electron chi connectivity index (χ2n) is 4.56. The highest BCUT2D eigenvalue weighted by atomic mass is 79.9. The van der Waals surface area contributed by atoms with E-state index in [9.17, 15) is 0 Å². The average Bonchev–Trinajstić information content (AvgIpc) is 2.25. The number of unbranched alkanes of at least 4 members (excludes halogenated alkanes) is 2. The Morgan fingerprint density at radius 3 is 1.80 bits per heavy atom. The molecule has 0 N–H and O–H groups in total. The van der Waals surface area contributed by atoms with E-state index in [-0.39, 0.29) is 17.0 Å². The van der Waals surface area contributed by atoms with E-state index in [0.29, 0.717) is 0 Å². The molecule has 0 aromatic rings. The zero-order valence-corrected chi connectivity index (χ0v) is 11.9. The SMILES string of the molecule is CCCC[N+]1(CCCC)CCOCC1.[Br-]. The molecule has 15 heavy (non-hydrogen) atoms. The van der Waals surface area contributed by atoms with E-state index in [1.807, 2.05) is 0 Å². The Labute approximate surface area is 105 Å². The largest absolute Gasteiger partial charge is 1.00 e. The lowest BCUT2D eigenvalue weighted by atomic mass is 10.2. The predicted molar refractivity (Wildman–Crippen MR) is 60.4 cm³/mol. The summed E-state index contributed by atoms with van der Waals surface area (Å²) in [6.07, 6.45) is 5.41. The van der Waals surface area contributed by atoms with E-state index in [1.165, 1.54) is 56.3 Å². The van der Waals surface area contributed by atoms with Crippen molar-refractivity contribution in [2.45, 2.75) is 39.5 Å². The van der Waals surface area contributed by atoms with Crippen molar-refractivity contribution in [1.82, 2.24) is 0 Å². The Hall–Kier alpha value is 0.400. The molecule has 1 saturated heterocycles. The van der Waals surface area contributed by atoms with Crippen molar-refractivity contribution in [3.8, 4) is 0 Å². The average molecular weight is 280 g/mol. The second kappa shape index (κ2) is 8.54. The molecule has 0 spiro atoms. The fourth-order valence-electron chi connectivity index (χ4n) is 2.28. The molecule has 0 bridgehead atoms. The van der Waals surface area contributed by atoms with Gasteiger partial charge in [0.1, 0.15) is 13.1 Å². The van der Waals surface area contributed by atoms with Gasteiger partial charge in [-0.15, -0.1) is 0 Å². The van der Waals surface area contributed by atoms with E-state index in [1.54, 1.807) is 0 Å². The Morgan fingerprint density at radius 2 is 1.40 bits per heavy atom. The number of ether oxygens (including phenoxy) is 1. The summed E-state index contributed by atoms with van der Waals surface area (Å²) in [7, 11) is 0. The fourth-order valence-corrected chi connectivity index (χ4v) is 2.28. The van der Waals surface area contributed by atoms with Crippen LogP contribution < -0.4 is 17.0 Å². The van der Waals surface area contributed by atoms with Crippen LogP contribution in [-0.2, 0) is 4.74 Å². The van der Waals surface area contributed by atoms with Crippen molar-refractivity contribution in [3.05, 3.63) is 0 Å². The van der Waals surface area contributed by atoms with Crippen LogP contribution in [0.3, 0.4) is 0 Å². The number of quaternary nitrogens is 1. The third-order valence-electron chi connectivity index (χ3n) is 3.39. The molecular weight excluding hydrogens is 254 g/mol. The summed E-state index contributed by atoms with van der Waals surface area (Å²) in [5.41, 5.74) is 0. The Bertz CT molecular complexity index is 137. The van der Waals surface area contributed by atoms with Crippen LogP contribution in [0.5, 0.6) is 0 Å². The van der Waals surface area contributed by atoms with Crippen LogP contribution in [0.25, 0.3) is 0 Å². The Balaban J connectivity index is 0.00000196. The highest BCUT2D eigenvalue weighted by Crippen LogP contribution is 2.15.